The van der Waals surface area contributed by atoms with E-state index in [1.165, 1.54) is 4.68 Å². The van der Waals surface area contributed by atoms with E-state index in [4.69, 9.17) is 14.6 Å². The molecule has 0 atom stereocenters. The second-order valence-electron chi connectivity index (χ2n) is 13.7. The molecule has 0 fully saturated rings. The van der Waals surface area contributed by atoms with Crippen LogP contribution in [0.1, 0.15) is 67.7 Å². The van der Waals surface area contributed by atoms with Crippen LogP contribution < -0.4 is 14.5 Å². The van der Waals surface area contributed by atoms with Gasteiger partial charge in [0.1, 0.15) is 22.8 Å². The number of aromatic nitrogens is 4. The summed E-state index contributed by atoms with van der Waals surface area (Å²) in [6.45, 7) is 6.71. The number of carbonyl (C=O) groups excluding carboxylic acids is 3. The molecule has 0 radical (unpaired) electrons. The third-order valence-corrected chi connectivity index (χ3v) is 10.3. The van der Waals surface area contributed by atoms with Gasteiger partial charge in [0, 0.05) is 52.8 Å². The Bertz CT molecular complexity index is 2520. The van der Waals surface area contributed by atoms with Crippen LogP contribution in [0.2, 0.25) is 0 Å². The number of azo groups is 1. The van der Waals surface area contributed by atoms with Crippen LogP contribution >= 0.6 is 0 Å². The fraction of sp³-hybridized carbons (Fsp3) is 0.233. The first-order valence-corrected chi connectivity index (χ1v) is 18.8. The fourth-order valence-electron chi connectivity index (χ4n) is 7.34. The van der Waals surface area contributed by atoms with Crippen molar-refractivity contribution in [2.75, 3.05) is 36.6 Å². The van der Waals surface area contributed by atoms with Crippen molar-refractivity contribution >= 4 is 40.5 Å². The fourth-order valence-corrected chi connectivity index (χ4v) is 7.34. The van der Waals surface area contributed by atoms with E-state index in [-0.39, 0.29) is 29.8 Å². The minimum Gasteiger partial charge on any atom is -0.594 e. The molecule has 0 N–H and O–H groups in total. The summed E-state index contributed by atoms with van der Waals surface area (Å²) in [6.07, 6.45) is 1.76. The van der Waals surface area contributed by atoms with E-state index in [0.717, 1.165) is 22.5 Å². The summed E-state index contributed by atoms with van der Waals surface area (Å²) < 4.78 is 13.8. The van der Waals surface area contributed by atoms with Gasteiger partial charge < -0.3 is 24.5 Å². The van der Waals surface area contributed by atoms with Crippen molar-refractivity contribution in [2.24, 2.45) is 5.11 Å². The van der Waals surface area contributed by atoms with E-state index < -0.39 is 5.97 Å². The lowest BCUT2D eigenvalue weighted by Gasteiger charge is -2.28. The molecule has 0 saturated heterocycles. The van der Waals surface area contributed by atoms with Crippen LogP contribution in [-0.4, -0.2) is 69.0 Å². The van der Waals surface area contributed by atoms with E-state index in [1.54, 1.807) is 77.0 Å². The van der Waals surface area contributed by atoms with Gasteiger partial charge in [-0.05, 0) is 106 Å². The van der Waals surface area contributed by atoms with Crippen molar-refractivity contribution in [1.82, 2.24) is 19.6 Å². The van der Waals surface area contributed by atoms with Crippen LogP contribution in [0.5, 0.6) is 5.75 Å². The van der Waals surface area contributed by atoms with Crippen LogP contribution in [0.25, 0.3) is 11.4 Å². The van der Waals surface area contributed by atoms with Crippen LogP contribution in [0.15, 0.2) is 102 Å². The summed E-state index contributed by atoms with van der Waals surface area (Å²) in [5, 5.41) is 26.8. The van der Waals surface area contributed by atoms with E-state index in [0.29, 0.717) is 82.7 Å². The van der Waals surface area contributed by atoms with Gasteiger partial charge in [-0.2, -0.15) is 10.2 Å². The lowest BCUT2D eigenvalue weighted by Crippen LogP contribution is -2.39. The normalized spacial score (nSPS) is 14.1. The van der Waals surface area contributed by atoms with E-state index in [1.807, 2.05) is 62.4 Å². The molecule has 0 unspecified atom stereocenters. The highest BCUT2D eigenvalue weighted by atomic mass is 16.5. The van der Waals surface area contributed by atoms with Crippen LogP contribution in [0, 0.1) is 12.1 Å². The molecule has 0 bridgehead atoms. The van der Waals surface area contributed by atoms with Gasteiger partial charge in [0.25, 0.3) is 11.8 Å². The average molecular weight is 765 g/mol. The highest BCUT2D eigenvalue weighted by Gasteiger charge is 2.36. The van der Waals surface area contributed by atoms with Gasteiger partial charge in [0.15, 0.2) is 5.69 Å². The van der Waals surface area contributed by atoms with E-state index in [9.17, 15) is 19.6 Å². The molecule has 2 aliphatic heterocycles. The molecule has 8 rings (SSSR count). The second-order valence-corrected chi connectivity index (χ2v) is 13.7. The van der Waals surface area contributed by atoms with Gasteiger partial charge in [0.05, 0.1) is 30.8 Å². The molecule has 2 aromatic heterocycles. The van der Waals surface area contributed by atoms with Crippen molar-refractivity contribution in [1.29, 1.82) is 0 Å². The zero-order valence-electron chi connectivity index (χ0n) is 32.0. The number of anilines is 2. The number of hydrogen-bond donors (Lipinski definition) is 0. The molecule has 4 heterocycles. The molecular weight excluding hydrogens is 725 g/mol. The van der Waals surface area contributed by atoms with Crippen LogP contribution in [0.3, 0.4) is 0 Å². The first kappa shape index (κ1) is 36.9. The first-order valence-electron chi connectivity index (χ1n) is 18.8. The number of ether oxygens (including phenoxy) is 2. The Hall–Kier alpha value is -7.09. The predicted octanol–water partition coefficient (Wildman–Crippen LogP) is 7.45. The Labute approximate surface area is 328 Å². The molecule has 0 saturated carbocycles. The Morgan fingerprint density at radius 1 is 0.737 bits per heavy atom. The van der Waals surface area contributed by atoms with Gasteiger partial charge in [0.2, 0.25) is 5.69 Å². The van der Waals surface area contributed by atoms with Gasteiger partial charge in [-0.1, -0.05) is 29.5 Å². The zero-order chi connectivity index (χ0) is 39.8. The Kier molecular flexibility index (Phi) is 9.84. The highest BCUT2D eigenvalue weighted by Crippen LogP contribution is 2.33. The number of fused-ring (bicyclic) bond motifs is 2. The number of benzene rings is 4. The Morgan fingerprint density at radius 3 is 1.84 bits per heavy atom. The summed E-state index contributed by atoms with van der Waals surface area (Å²) in [5.74, 6) is -0.336. The minimum absolute atomic E-state index is 0.131. The van der Waals surface area contributed by atoms with Crippen molar-refractivity contribution in [2.45, 2.75) is 40.0 Å². The second kappa shape index (κ2) is 15.2. The molecule has 4 aromatic carbocycles. The molecule has 2 aliphatic rings. The van der Waals surface area contributed by atoms with Crippen molar-refractivity contribution in [3.8, 4) is 17.1 Å². The molecular formula is C43H40N8O6. The molecule has 14 heteroatoms. The van der Waals surface area contributed by atoms with Crippen LogP contribution in [-0.2, 0) is 24.0 Å². The summed E-state index contributed by atoms with van der Waals surface area (Å²) >= 11 is 0. The maximum atomic E-state index is 14.1. The topological polar surface area (TPSA) is 150 Å². The van der Waals surface area contributed by atoms with Crippen LogP contribution in [0.4, 0.5) is 22.7 Å². The summed E-state index contributed by atoms with van der Waals surface area (Å²) in [4.78, 5) is 44.7. The number of aryl methyl sites for hydroxylation is 2. The lowest BCUT2D eigenvalue weighted by atomic mass is 10.0. The van der Waals surface area contributed by atoms with E-state index >= 15 is 0 Å². The molecule has 2 amide bonds. The SMILES string of the molecule is CCOC(=O)c1nn(-c2ccc(C)cc2)c2c1CCN(c1ccc([N+]([O-])=Nc3ccc(N4CCc5c(CC)nn(-c6ccc(OC)cc6)c5C4=O)cc3)cc1)C2=O. The van der Waals surface area contributed by atoms with Crippen molar-refractivity contribution < 1.29 is 28.7 Å². The predicted molar refractivity (Wildman–Crippen MR) is 213 cm³/mol. The third-order valence-electron chi connectivity index (χ3n) is 10.3. The summed E-state index contributed by atoms with van der Waals surface area (Å²) in [6, 6.07) is 28.5. The number of rotatable bonds is 10. The maximum Gasteiger partial charge on any atom is 0.359 e. The zero-order valence-corrected chi connectivity index (χ0v) is 32.0. The number of hydrogen-bond acceptors (Lipinski definition) is 9. The molecule has 57 heavy (non-hydrogen) atoms. The average Bonchev–Trinajstić information content (AvgIpc) is 3.82. The molecule has 288 valence electrons. The van der Waals surface area contributed by atoms with Crippen molar-refractivity contribution in [3.63, 3.8) is 0 Å². The summed E-state index contributed by atoms with van der Waals surface area (Å²) in [7, 11) is 1.61. The monoisotopic (exact) mass is 764 g/mol. The molecule has 14 nitrogen and oxygen atoms in total. The number of esters is 1. The van der Waals surface area contributed by atoms with Gasteiger partial charge >= 0.3 is 5.97 Å². The minimum atomic E-state index is -0.572. The number of carbonyl (C=O) groups is 3. The smallest absolute Gasteiger partial charge is 0.359 e. The van der Waals surface area contributed by atoms with Crippen molar-refractivity contribution in [3.05, 3.63) is 142 Å². The first-order chi connectivity index (χ1) is 27.7. The largest absolute Gasteiger partial charge is 0.594 e. The lowest BCUT2D eigenvalue weighted by molar-refractivity contribution is -0.435. The highest BCUT2D eigenvalue weighted by molar-refractivity contribution is 6.09. The Morgan fingerprint density at radius 2 is 1.26 bits per heavy atom. The van der Waals surface area contributed by atoms with Gasteiger partial charge in [-0.25, -0.2) is 14.2 Å². The standard InChI is InChI=1S/C43H40N8O6/c1-5-37-35-23-25-47(41(52)39(35)49(45-37)32-19-21-34(56-4)22-20-32)29-13-9-28(10-14-29)44-51(55)33-17-15-30(16-18-33)48-26-24-36-38(43(54)57-6-2)46-50(40(36)42(48)53)31-11-7-27(3)8-12-31/h7-22H,5-6,23-26H2,1-4H3. The quantitative estimate of drug-likeness (QED) is 0.0605. The molecule has 0 spiro atoms. The number of methoxy groups -OCH3 is 1. The molecule has 6 aromatic rings. The Balaban J connectivity index is 0.998. The third kappa shape index (κ3) is 6.79. The number of nitrogens with zero attached hydrogens (tertiary/aromatic N) is 8. The summed E-state index contributed by atoms with van der Waals surface area (Å²) in [5.41, 5.74) is 7.75. The number of amides is 2. The van der Waals surface area contributed by atoms with E-state index in [2.05, 4.69) is 10.2 Å². The van der Waals surface area contributed by atoms with Gasteiger partial charge in [-0.15, -0.1) is 0 Å². The maximum absolute atomic E-state index is 14.1. The molecule has 0 aliphatic carbocycles. The van der Waals surface area contributed by atoms with Gasteiger partial charge in [-0.3, -0.25) is 9.59 Å².